The molecule has 152 valence electrons. The largest absolute Gasteiger partial charge is 0.480 e. The van der Waals surface area contributed by atoms with E-state index in [-0.39, 0.29) is 37.6 Å². The molecule has 0 bridgehead atoms. The van der Waals surface area contributed by atoms with Crippen molar-refractivity contribution in [2.45, 2.75) is 19.4 Å². The van der Waals surface area contributed by atoms with Crippen molar-refractivity contribution in [3.8, 4) is 0 Å². The molecule has 1 atom stereocenters. The van der Waals surface area contributed by atoms with Gasteiger partial charge in [-0.1, -0.05) is 53.3 Å². The van der Waals surface area contributed by atoms with Crippen LogP contribution in [0.2, 0.25) is 20.1 Å². The van der Waals surface area contributed by atoms with Gasteiger partial charge in [0.2, 0.25) is 5.91 Å². The zero-order valence-electron chi connectivity index (χ0n) is 14.4. The molecule has 1 heterocycles. The first-order chi connectivity index (χ1) is 13.1. The van der Waals surface area contributed by atoms with Crippen LogP contribution in [0.25, 0.3) is 0 Å². The molecule has 0 saturated carbocycles. The molecule has 1 aromatic rings. The van der Waals surface area contributed by atoms with Gasteiger partial charge in [0, 0.05) is 0 Å². The van der Waals surface area contributed by atoms with E-state index in [1.54, 1.807) is 0 Å². The Morgan fingerprint density at radius 3 is 1.96 bits per heavy atom. The number of hydrogen-bond acceptors (Lipinski definition) is 5. The molecule has 2 N–H and O–H groups in total. The molecule has 12 heteroatoms. The van der Waals surface area contributed by atoms with E-state index in [0.29, 0.717) is 10.7 Å². The minimum atomic E-state index is -1.21. The molecule has 0 fully saturated rings. The second-order valence-electron chi connectivity index (χ2n) is 5.65. The predicted molar refractivity (Wildman–Crippen MR) is 109 cm³/mol. The summed E-state index contributed by atoms with van der Waals surface area (Å²) in [6.07, 6.45) is 0.199. The molecule has 1 aliphatic rings. The van der Waals surface area contributed by atoms with Gasteiger partial charge in [0.1, 0.15) is 12.6 Å². The van der Waals surface area contributed by atoms with Gasteiger partial charge < -0.3 is 10.4 Å². The SMILES string of the molecule is CCSCCC(NC(=O)CN1C(=O)c2c(Cl)c(Cl)c(Cl)c(Cl)c2C1=O)C(=O)O. The molecule has 1 aliphatic heterocycles. The van der Waals surface area contributed by atoms with E-state index in [9.17, 15) is 24.3 Å². The van der Waals surface area contributed by atoms with Gasteiger partial charge in [-0.2, -0.15) is 11.8 Å². The topological polar surface area (TPSA) is 104 Å². The van der Waals surface area contributed by atoms with Crippen molar-refractivity contribution in [2.24, 2.45) is 0 Å². The maximum absolute atomic E-state index is 12.6. The number of hydrogen-bond donors (Lipinski definition) is 2. The van der Waals surface area contributed by atoms with Crippen LogP contribution in [-0.2, 0) is 9.59 Å². The molecular formula is C16H14Cl4N2O5S. The lowest BCUT2D eigenvalue weighted by Crippen LogP contribution is -2.47. The third kappa shape index (κ3) is 4.52. The Labute approximate surface area is 184 Å². The predicted octanol–water partition coefficient (Wildman–Crippen LogP) is 3.61. The van der Waals surface area contributed by atoms with Gasteiger partial charge in [0.25, 0.3) is 11.8 Å². The number of amides is 3. The van der Waals surface area contributed by atoms with Crippen molar-refractivity contribution < 1.29 is 24.3 Å². The third-order valence-electron chi connectivity index (χ3n) is 3.88. The summed E-state index contributed by atoms with van der Waals surface area (Å²) >= 11 is 25.4. The minimum absolute atomic E-state index is 0.182. The Bertz CT molecular complexity index is 817. The lowest BCUT2D eigenvalue weighted by atomic mass is 10.1. The number of benzene rings is 1. The summed E-state index contributed by atoms with van der Waals surface area (Å²) in [7, 11) is 0. The molecular weight excluding hydrogens is 474 g/mol. The molecule has 0 aromatic heterocycles. The van der Waals surface area contributed by atoms with Crippen LogP contribution in [0.4, 0.5) is 0 Å². The number of imide groups is 1. The number of thioether (sulfide) groups is 1. The zero-order valence-corrected chi connectivity index (χ0v) is 18.2. The van der Waals surface area contributed by atoms with E-state index in [2.05, 4.69) is 5.32 Å². The summed E-state index contributed by atoms with van der Waals surface area (Å²) in [6.45, 7) is 1.23. The van der Waals surface area contributed by atoms with Crippen LogP contribution in [0.3, 0.4) is 0 Å². The Morgan fingerprint density at radius 1 is 1.04 bits per heavy atom. The van der Waals surface area contributed by atoms with Gasteiger partial charge in [-0.3, -0.25) is 19.3 Å². The average Bonchev–Trinajstić information content (AvgIpc) is 2.88. The van der Waals surface area contributed by atoms with Crippen LogP contribution in [-0.4, -0.2) is 57.8 Å². The highest BCUT2D eigenvalue weighted by Crippen LogP contribution is 2.44. The Balaban J connectivity index is 2.19. The number of fused-ring (bicyclic) bond motifs is 1. The summed E-state index contributed by atoms with van der Waals surface area (Å²) in [5.41, 5.74) is -0.485. The third-order valence-corrected chi connectivity index (χ3v) is 6.61. The maximum atomic E-state index is 12.6. The fourth-order valence-electron chi connectivity index (χ4n) is 2.53. The molecule has 7 nitrogen and oxygen atoms in total. The first-order valence-corrected chi connectivity index (χ1v) is 10.6. The van der Waals surface area contributed by atoms with Crippen LogP contribution in [0.15, 0.2) is 0 Å². The highest BCUT2D eigenvalue weighted by molar-refractivity contribution is 7.99. The number of aliphatic carboxylic acids is 1. The molecule has 1 unspecified atom stereocenters. The molecule has 2 rings (SSSR count). The van der Waals surface area contributed by atoms with Gasteiger partial charge in [0.15, 0.2) is 0 Å². The molecule has 28 heavy (non-hydrogen) atoms. The van der Waals surface area contributed by atoms with Crippen molar-refractivity contribution >= 4 is 81.9 Å². The molecule has 0 aliphatic carbocycles. The van der Waals surface area contributed by atoms with Crippen LogP contribution in [0.1, 0.15) is 34.1 Å². The monoisotopic (exact) mass is 486 g/mol. The highest BCUT2D eigenvalue weighted by atomic mass is 35.5. The second kappa shape index (κ2) is 9.54. The van der Waals surface area contributed by atoms with E-state index in [1.165, 1.54) is 11.8 Å². The molecule has 0 saturated heterocycles. The highest BCUT2D eigenvalue weighted by Gasteiger charge is 2.42. The quantitative estimate of drug-likeness (QED) is 0.251. The van der Waals surface area contributed by atoms with Crippen molar-refractivity contribution in [1.82, 2.24) is 10.2 Å². The van der Waals surface area contributed by atoms with Crippen molar-refractivity contribution in [3.63, 3.8) is 0 Å². The number of nitrogens with one attached hydrogen (secondary N) is 1. The fourth-order valence-corrected chi connectivity index (χ4v) is 4.23. The van der Waals surface area contributed by atoms with Gasteiger partial charge in [-0.25, -0.2) is 4.79 Å². The lowest BCUT2D eigenvalue weighted by molar-refractivity contribution is -0.141. The van der Waals surface area contributed by atoms with Crippen molar-refractivity contribution in [2.75, 3.05) is 18.1 Å². The van der Waals surface area contributed by atoms with Crippen LogP contribution >= 0.6 is 58.2 Å². The van der Waals surface area contributed by atoms with E-state index in [0.717, 1.165) is 5.75 Å². The van der Waals surface area contributed by atoms with Gasteiger partial charge >= 0.3 is 5.97 Å². The van der Waals surface area contributed by atoms with Crippen LogP contribution in [0.5, 0.6) is 0 Å². The van der Waals surface area contributed by atoms with E-state index in [1.807, 2.05) is 6.92 Å². The summed E-state index contributed by atoms with van der Waals surface area (Å²) < 4.78 is 0. The second-order valence-corrected chi connectivity index (χ2v) is 8.55. The number of carbonyl (C=O) groups is 4. The number of halogens is 4. The molecule has 1 aromatic carbocycles. The minimum Gasteiger partial charge on any atom is -0.480 e. The van der Waals surface area contributed by atoms with Crippen LogP contribution < -0.4 is 5.32 Å². The Morgan fingerprint density at radius 2 is 1.54 bits per heavy atom. The van der Waals surface area contributed by atoms with Crippen molar-refractivity contribution in [1.29, 1.82) is 0 Å². The van der Waals surface area contributed by atoms with Gasteiger partial charge in [0.05, 0.1) is 31.2 Å². The number of carboxylic acids is 1. The fraction of sp³-hybridized carbons (Fsp3) is 0.375. The Hall–Kier alpha value is -1.19. The maximum Gasteiger partial charge on any atom is 0.326 e. The van der Waals surface area contributed by atoms with E-state index >= 15 is 0 Å². The first-order valence-electron chi connectivity index (χ1n) is 7.93. The summed E-state index contributed by atoms with van der Waals surface area (Å²) in [5.74, 6) is -2.42. The van der Waals surface area contributed by atoms with E-state index in [4.69, 9.17) is 46.4 Å². The zero-order chi connectivity index (χ0) is 21.2. The average molecular weight is 488 g/mol. The van der Waals surface area contributed by atoms with Gasteiger partial charge in [-0.05, 0) is 17.9 Å². The number of nitrogens with zero attached hydrogens (tertiary/aromatic N) is 1. The molecule has 0 radical (unpaired) electrons. The smallest absolute Gasteiger partial charge is 0.326 e. The number of carbonyl (C=O) groups excluding carboxylic acids is 3. The number of rotatable bonds is 8. The lowest BCUT2D eigenvalue weighted by Gasteiger charge is -2.17. The standard InChI is InChI=1S/C16H14Cl4N2O5S/c1-2-28-4-3-6(16(26)27)21-7(23)5-22-14(24)8-9(15(22)25)11(18)13(20)12(19)10(8)17/h6H,2-5H2,1H3,(H,21,23)(H,26,27). The molecule has 3 amide bonds. The first kappa shape index (κ1) is 23.1. The molecule has 0 spiro atoms. The Kier molecular flexibility index (Phi) is 7.87. The van der Waals surface area contributed by atoms with Gasteiger partial charge in [-0.15, -0.1) is 0 Å². The van der Waals surface area contributed by atoms with Crippen LogP contribution in [0, 0.1) is 0 Å². The van der Waals surface area contributed by atoms with Crippen molar-refractivity contribution in [3.05, 3.63) is 31.2 Å². The van der Waals surface area contributed by atoms with E-state index < -0.39 is 36.3 Å². The summed E-state index contributed by atoms with van der Waals surface area (Å²) in [6, 6.07) is -1.14. The summed E-state index contributed by atoms with van der Waals surface area (Å²) in [5, 5.41) is 10.7. The summed E-state index contributed by atoms with van der Waals surface area (Å²) in [4.78, 5) is 49.3. The normalized spacial score (nSPS) is 14.2. The number of carboxylic acid groups (broad SMARTS) is 1.